The Morgan fingerprint density at radius 1 is 1.46 bits per heavy atom. The highest BCUT2D eigenvalue weighted by Crippen LogP contribution is 2.37. The van der Waals surface area contributed by atoms with E-state index in [-0.39, 0.29) is 17.8 Å². The summed E-state index contributed by atoms with van der Waals surface area (Å²) >= 11 is 0. The van der Waals surface area contributed by atoms with E-state index < -0.39 is 4.92 Å². The number of carbonyl (C=O) groups excluding carboxylic acids is 1. The first-order valence-electron chi connectivity index (χ1n) is 8.19. The number of non-ortho nitro benzene ring substituents is 1. The first kappa shape index (κ1) is 16.4. The van der Waals surface area contributed by atoms with Crippen LogP contribution >= 0.6 is 0 Å². The van der Waals surface area contributed by atoms with Crippen LogP contribution in [-0.4, -0.2) is 54.8 Å². The van der Waals surface area contributed by atoms with Crippen LogP contribution in [0.15, 0.2) is 18.2 Å². The molecule has 0 aliphatic carbocycles. The highest BCUT2D eigenvalue weighted by atomic mass is 16.6. The highest BCUT2D eigenvalue weighted by Gasteiger charge is 2.35. The van der Waals surface area contributed by atoms with Gasteiger partial charge in [-0.15, -0.1) is 0 Å². The monoisotopic (exact) mass is 335 g/mol. The minimum Gasteiger partial charge on any atom is -0.489 e. The van der Waals surface area contributed by atoms with Gasteiger partial charge in [0.05, 0.1) is 29.3 Å². The van der Waals surface area contributed by atoms with Crippen molar-refractivity contribution in [1.82, 2.24) is 4.90 Å². The average Bonchev–Trinajstić information content (AvgIpc) is 2.60. The van der Waals surface area contributed by atoms with Gasteiger partial charge in [0.2, 0.25) is 0 Å². The predicted molar refractivity (Wildman–Crippen MR) is 87.6 cm³/mol. The first-order valence-corrected chi connectivity index (χ1v) is 8.19. The summed E-state index contributed by atoms with van der Waals surface area (Å²) in [6.07, 6.45) is 1.57. The van der Waals surface area contributed by atoms with Gasteiger partial charge in [0.25, 0.3) is 5.69 Å². The number of ether oxygens (including phenoxy) is 2. The Morgan fingerprint density at radius 3 is 3.04 bits per heavy atom. The number of nitro groups is 1. The zero-order valence-electron chi connectivity index (χ0n) is 13.6. The molecule has 8 nitrogen and oxygen atoms in total. The first-order chi connectivity index (χ1) is 11.6. The number of nitrogens with zero attached hydrogens (tertiary/aromatic N) is 3. The largest absolute Gasteiger partial charge is 0.489 e. The van der Waals surface area contributed by atoms with Crippen molar-refractivity contribution in [3.63, 3.8) is 0 Å². The maximum Gasteiger partial charge on any atom is 0.409 e. The van der Waals surface area contributed by atoms with E-state index in [1.807, 2.05) is 6.92 Å². The summed E-state index contributed by atoms with van der Waals surface area (Å²) in [5, 5.41) is 10.9. The summed E-state index contributed by atoms with van der Waals surface area (Å²) in [7, 11) is 0. The SMILES string of the molecule is CCCCOC(=O)N1CCN2c3ccc([N+](=O)[O-])cc3OC[C@@H]2C1. The number of carbonyl (C=O) groups is 1. The second-order valence-electron chi connectivity index (χ2n) is 5.98. The minimum absolute atomic E-state index is 0.0188. The molecule has 24 heavy (non-hydrogen) atoms. The standard InChI is InChI=1S/C16H21N3O5/c1-2-3-8-23-16(20)17-6-7-18-13(10-17)11-24-15-9-12(19(21)22)4-5-14(15)18/h4-5,9,13H,2-3,6-8,10-11H2,1H3/t13-/m0/s1. The van der Waals surface area contributed by atoms with E-state index >= 15 is 0 Å². The number of piperazine rings is 1. The predicted octanol–water partition coefficient (Wildman–Crippen LogP) is 2.41. The molecular formula is C16H21N3O5. The van der Waals surface area contributed by atoms with Crippen LogP contribution in [0.4, 0.5) is 16.2 Å². The Labute approximate surface area is 140 Å². The second-order valence-corrected chi connectivity index (χ2v) is 5.98. The van der Waals surface area contributed by atoms with Crippen LogP contribution in [0.5, 0.6) is 5.75 Å². The number of rotatable bonds is 4. The van der Waals surface area contributed by atoms with Crippen molar-refractivity contribution >= 4 is 17.5 Å². The molecule has 3 rings (SSSR count). The maximum absolute atomic E-state index is 12.1. The summed E-state index contributed by atoms with van der Waals surface area (Å²) in [5.41, 5.74) is 0.862. The van der Waals surface area contributed by atoms with Crippen molar-refractivity contribution in [2.75, 3.05) is 37.7 Å². The van der Waals surface area contributed by atoms with Gasteiger partial charge < -0.3 is 19.3 Å². The maximum atomic E-state index is 12.1. The van der Waals surface area contributed by atoms with E-state index in [1.165, 1.54) is 12.1 Å². The average molecular weight is 335 g/mol. The summed E-state index contributed by atoms with van der Waals surface area (Å²) < 4.78 is 11.0. The smallest absolute Gasteiger partial charge is 0.409 e. The molecule has 1 saturated heterocycles. The van der Waals surface area contributed by atoms with E-state index in [2.05, 4.69) is 4.90 Å². The molecular weight excluding hydrogens is 314 g/mol. The lowest BCUT2D eigenvalue weighted by Gasteiger charge is -2.45. The molecule has 1 atom stereocenters. The van der Waals surface area contributed by atoms with Gasteiger partial charge in [-0.25, -0.2) is 4.79 Å². The molecule has 130 valence electrons. The van der Waals surface area contributed by atoms with E-state index in [1.54, 1.807) is 11.0 Å². The van der Waals surface area contributed by atoms with E-state index in [9.17, 15) is 14.9 Å². The lowest BCUT2D eigenvalue weighted by atomic mass is 10.1. The Balaban J connectivity index is 1.66. The van der Waals surface area contributed by atoms with Gasteiger partial charge in [0, 0.05) is 25.7 Å². The molecule has 2 aliphatic heterocycles. The molecule has 8 heteroatoms. The number of hydrogen-bond acceptors (Lipinski definition) is 6. The number of anilines is 1. The number of benzene rings is 1. The van der Waals surface area contributed by atoms with E-state index in [4.69, 9.17) is 9.47 Å². The van der Waals surface area contributed by atoms with Crippen molar-refractivity contribution < 1.29 is 19.2 Å². The van der Waals surface area contributed by atoms with Crippen molar-refractivity contribution in [3.8, 4) is 5.75 Å². The number of amides is 1. The fraction of sp³-hybridized carbons (Fsp3) is 0.562. The van der Waals surface area contributed by atoms with Crippen LogP contribution in [0.3, 0.4) is 0 Å². The lowest BCUT2D eigenvalue weighted by molar-refractivity contribution is -0.384. The fourth-order valence-corrected chi connectivity index (χ4v) is 3.03. The number of unbranched alkanes of at least 4 members (excludes halogenated alkanes) is 1. The van der Waals surface area contributed by atoms with Crippen molar-refractivity contribution in [3.05, 3.63) is 28.3 Å². The van der Waals surface area contributed by atoms with Gasteiger partial charge in [-0.1, -0.05) is 13.3 Å². The van der Waals surface area contributed by atoms with Crippen LogP contribution in [0.1, 0.15) is 19.8 Å². The molecule has 0 spiro atoms. The Bertz CT molecular complexity index is 636. The number of fused-ring (bicyclic) bond motifs is 3. The molecule has 0 saturated carbocycles. The Morgan fingerprint density at radius 2 is 2.29 bits per heavy atom. The molecule has 2 heterocycles. The summed E-state index contributed by atoms with van der Waals surface area (Å²) in [6, 6.07) is 4.69. The third-order valence-electron chi connectivity index (χ3n) is 4.36. The van der Waals surface area contributed by atoms with Crippen LogP contribution in [0.2, 0.25) is 0 Å². The lowest BCUT2D eigenvalue weighted by Crippen LogP contribution is -2.58. The van der Waals surface area contributed by atoms with E-state index in [0.717, 1.165) is 18.5 Å². The topological polar surface area (TPSA) is 85.2 Å². The second kappa shape index (κ2) is 6.94. The molecule has 0 bridgehead atoms. The molecule has 0 unspecified atom stereocenters. The molecule has 1 aromatic carbocycles. The van der Waals surface area contributed by atoms with Crippen molar-refractivity contribution in [2.45, 2.75) is 25.8 Å². The van der Waals surface area contributed by atoms with Gasteiger partial charge in [0.1, 0.15) is 12.4 Å². The van der Waals surface area contributed by atoms with E-state index in [0.29, 0.717) is 38.6 Å². The van der Waals surface area contributed by atoms with Crippen molar-refractivity contribution in [2.24, 2.45) is 0 Å². The molecule has 1 aromatic rings. The molecule has 1 amide bonds. The zero-order valence-corrected chi connectivity index (χ0v) is 13.6. The third kappa shape index (κ3) is 3.22. The van der Waals surface area contributed by atoms with Crippen LogP contribution in [0.25, 0.3) is 0 Å². The molecule has 1 fully saturated rings. The number of nitro benzene ring substituents is 1. The van der Waals surface area contributed by atoms with Crippen LogP contribution in [-0.2, 0) is 4.74 Å². The summed E-state index contributed by atoms with van der Waals surface area (Å²) in [4.78, 5) is 26.4. The van der Waals surface area contributed by atoms with Gasteiger partial charge in [-0.3, -0.25) is 10.1 Å². The molecule has 2 aliphatic rings. The van der Waals surface area contributed by atoms with Gasteiger partial charge >= 0.3 is 6.09 Å². The van der Waals surface area contributed by atoms with Gasteiger partial charge in [-0.2, -0.15) is 0 Å². The van der Waals surface area contributed by atoms with Crippen LogP contribution < -0.4 is 9.64 Å². The zero-order chi connectivity index (χ0) is 17.1. The Hall–Kier alpha value is -2.51. The molecule has 0 N–H and O–H groups in total. The highest BCUT2D eigenvalue weighted by molar-refractivity contribution is 5.69. The number of hydrogen-bond donors (Lipinski definition) is 0. The van der Waals surface area contributed by atoms with Crippen molar-refractivity contribution in [1.29, 1.82) is 0 Å². The summed E-state index contributed by atoms with van der Waals surface area (Å²) in [6.45, 7) is 4.64. The van der Waals surface area contributed by atoms with Gasteiger partial charge in [-0.05, 0) is 12.5 Å². The fourth-order valence-electron chi connectivity index (χ4n) is 3.03. The minimum atomic E-state index is -0.431. The molecule has 0 radical (unpaired) electrons. The third-order valence-corrected chi connectivity index (χ3v) is 4.36. The van der Waals surface area contributed by atoms with Gasteiger partial charge in [0.15, 0.2) is 0 Å². The molecule has 0 aromatic heterocycles. The summed E-state index contributed by atoms with van der Waals surface area (Å²) in [5.74, 6) is 0.527. The normalized spacial score (nSPS) is 19.1. The van der Waals surface area contributed by atoms with Crippen LogP contribution in [0, 0.1) is 10.1 Å². The Kier molecular flexibility index (Phi) is 4.73. The quantitative estimate of drug-likeness (QED) is 0.477.